The van der Waals surface area contributed by atoms with E-state index in [9.17, 15) is 14.7 Å². The highest BCUT2D eigenvalue weighted by Gasteiger charge is 2.41. The molecule has 2 amide bonds. The smallest absolute Gasteiger partial charge is 0.327 e. The van der Waals surface area contributed by atoms with Gasteiger partial charge in [0.2, 0.25) is 0 Å². The number of carboxylic acid groups (broad SMARTS) is 1. The predicted molar refractivity (Wildman–Crippen MR) is 83.5 cm³/mol. The second-order valence-electron chi connectivity index (χ2n) is 5.42. The van der Waals surface area contributed by atoms with Crippen LogP contribution in [0.5, 0.6) is 0 Å². The summed E-state index contributed by atoms with van der Waals surface area (Å²) in [7, 11) is 0. The van der Waals surface area contributed by atoms with E-state index in [1.807, 2.05) is 27.7 Å². The zero-order chi connectivity index (χ0) is 16.0. The fraction of sp³-hybridized carbons (Fsp3) is 0.857. The fourth-order valence-corrected chi connectivity index (χ4v) is 3.57. The maximum Gasteiger partial charge on any atom is 0.327 e. The molecular formula is C14H26N2O4S. The average molecular weight is 318 g/mol. The molecule has 21 heavy (non-hydrogen) atoms. The van der Waals surface area contributed by atoms with Gasteiger partial charge in [0.15, 0.2) is 0 Å². The number of rotatable bonds is 7. The summed E-state index contributed by atoms with van der Waals surface area (Å²) < 4.78 is 5.39. The van der Waals surface area contributed by atoms with Gasteiger partial charge in [-0.1, -0.05) is 20.8 Å². The Bertz CT molecular complexity index is 365. The summed E-state index contributed by atoms with van der Waals surface area (Å²) in [5.41, 5.74) is 0. The number of aliphatic carboxylic acids is 1. The molecule has 122 valence electrons. The van der Waals surface area contributed by atoms with Crippen molar-refractivity contribution in [3.8, 4) is 0 Å². The van der Waals surface area contributed by atoms with E-state index in [2.05, 4.69) is 5.32 Å². The number of carbonyl (C=O) groups is 2. The molecule has 1 saturated heterocycles. The number of thioether (sulfide) groups is 1. The first-order valence-corrected chi connectivity index (χ1v) is 8.48. The Labute approximate surface area is 130 Å². The lowest BCUT2D eigenvalue weighted by Crippen LogP contribution is -2.54. The molecule has 7 heteroatoms. The number of amides is 2. The first-order chi connectivity index (χ1) is 9.92. The van der Waals surface area contributed by atoms with Gasteiger partial charge in [0.1, 0.15) is 6.04 Å². The highest BCUT2D eigenvalue weighted by atomic mass is 32.2. The van der Waals surface area contributed by atoms with Crippen molar-refractivity contribution in [1.82, 2.24) is 10.2 Å². The number of hydrogen-bond acceptors (Lipinski definition) is 4. The molecule has 0 aromatic rings. The van der Waals surface area contributed by atoms with Crippen LogP contribution in [0.25, 0.3) is 0 Å². The average Bonchev–Trinajstić information content (AvgIpc) is 2.86. The molecule has 1 heterocycles. The van der Waals surface area contributed by atoms with Crippen molar-refractivity contribution in [2.45, 2.75) is 51.6 Å². The molecular weight excluding hydrogens is 292 g/mol. The molecule has 0 radical (unpaired) electrons. The monoisotopic (exact) mass is 318 g/mol. The lowest BCUT2D eigenvalue weighted by atomic mass is 10.1. The van der Waals surface area contributed by atoms with Gasteiger partial charge in [-0.05, 0) is 19.3 Å². The summed E-state index contributed by atoms with van der Waals surface area (Å²) in [6.45, 7) is 8.92. The van der Waals surface area contributed by atoms with Crippen molar-refractivity contribution in [2.24, 2.45) is 5.92 Å². The minimum atomic E-state index is -0.945. The lowest BCUT2D eigenvalue weighted by Gasteiger charge is -2.30. The number of nitrogens with zero attached hydrogens (tertiary/aromatic N) is 1. The molecule has 0 aromatic heterocycles. The predicted octanol–water partition coefficient (Wildman–Crippen LogP) is 2.00. The van der Waals surface area contributed by atoms with Crippen LogP contribution in [0.15, 0.2) is 0 Å². The first-order valence-electron chi connectivity index (χ1n) is 7.43. The van der Waals surface area contributed by atoms with Crippen LogP contribution < -0.4 is 5.32 Å². The summed E-state index contributed by atoms with van der Waals surface area (Å²) in [5, 5.41) is 12.1. The number of nitrogens with one attached hydrogen (secondary N) is 1. The van der Waals surface area contributed by atoms with Crippen molar-refractivity contribution < 1.29 is 19.4 Å². The van der Waals surface area contributed by atoms with Crippen LogP contribution in [0, 0.1) is 5.92 Å². The van der Waals surface area contributed by atoms with Crippen molar-refractivity contribution in [1.29, 1.82) is 0 Å². The number of urea groups is 1. The van der Waals surface area contributed by atoms with E-state index in [0.29, 0.717) is 19.0 Å². The summed E-state index contributed by atoms with van der Waals surface area (Å²) in [4.78, 5) is 25.3. The van der Waals surface area contributed by atoms with E-state index in [-0.39, 0.29) is 23.4 Å². The highest BCUT2D eigenvalue weighted by Crippen LogP contribution is 2.31. The van der Waals surface area contributed by atoms with Gasteiger partial charge in [-0.2, -0.15) is 0 Å². The zero-order valence-electron chi connectivity index (χ0n) is 13.2. The van der Waals surface area contributed by atoms with Crippen LogP contribution in [0.3, 0.4) is 0 Å². The summed E-state index contributed by atoms with van der Waals surface area (Å²) in [6.07, 6.45) is 0.736. The van der Waals surface area contributed by atoms with E-state index in [1.54, 1.807) is 0 Å². The van der Waals surface area contributed by atoms with Crippen LogP contribution in [0.1, 0.15) is 34.1 Å². The van der Waals surface area contributed by atoms with Gasteiger partial charge in [-0.15, -0.1) is 11.8 Å². The second-order valence-corrected chi connectivity index (χ2v) is 6.63. The van der Waals surface area contributed by atoms with Crippen LogP contribution in [0.4, 0.5) is 4.79 Å². The largest absolute Gasteiger partial charge is 0.480 e. The third-order valence-corrected chi connectivity index (χ3v) is 5.03. The van der Waals surface area contributed by atoms with Crippen molar-refractivity contribution >= 4 is 23.8 Å². The van der Waals surface area contributed by atoms with Gasteiger partial charge >= 0.3 is 12.0 Å². The molecule has 0 bridgehead atoms. The van der Waals surface area contributed by atoms with Gasteiger partial charge in [0, 0.05) is 12.4 Å². The Morgan fingerprint density at radius 3 is 2.57 bits per heavy atom. The number of carboxylic acids is 1. The Balaban J connectivity index is 2.75. The number of hydrogen-bond donors (Lipinski definition) is 2. The van der Waals surface area contributed by atoms with Crippen molar-refractivity contribution in [2.75, 3.05) is 19.0 Å². The molecule has 1 aliphatic rings. The second kappa shape index (κ2) is 8.48. The lowest BCUT2D eigenvalue weighted by molar-refractivity contribution is -0.141. The Kier molecular flexibility index (Phi) is 7.31. The third kappa shape index (κ3) is 4.78. The van der Waals surface area contributed by atoms with Crippen LogP contribution in [0.2, 0.25) is 0 Å². The third-order valence-electron chi connectivity index (χ3n) is 3.58. The Morgan fingerprint density at radius 2 is 2.10 bits per heavy atom. The standard InChI is InChI=1S/C14H26N2O4S/c1-5-12-16(11(8-21-12)13(17)18)14(19)15-10(9(3)4)7-20-6-2/h9-12H,5-8H2,1-4H3,(H,15,19)(H,17,18). The molecule has 1 fully saturated rings. The zero-order valence-corrected chi connectivity index (χ0v) is 14.0. The summed E-state index contributed by atoms with van der Waals surface area (Å²) in [5.74, 6) is -0.280. The van der Waals surface area contributed by atoms with Gasteiger partial charge < -0.3 is 15.2 Å². The molecule has 3 atom stereocenters. The molecule has 0 aromatic carbocycles. The molecule has 1 aliphatic heterocycles. The molecule has 2 N–H and O–H groups in total. The van der Waals surface area contributed by atoms with E-state index in [4.69, 9.17) is 4.74 Å². The molecule has 6 nitrogen and oxygen atoms in total. The topological polar surface area (TPSA) is 78.9 Å². The summed E-state index contributed by atoms with van der Waals surface area (Å²) in [6, 6.07) is -1.17. The molecule has 0 saturated carbocycles. The number of carbonyl (C=O) groups excluding carboxylic acids is 1. The van der Waals surface area contributed by atoms with Crippen LogP contribution in [-0.2, 0) is 9.53 Å². The maximum atomic E-state index is 12.5. The Hall–Kier alpha value is -0.950. The minimum absolute atomic E-state index is 0.0778. The fourth-order valence-electron chi connectivity index (χ4n) is 2.22. The number of ether oxygens (including phenoxy) is 1. The minimum Gasteiger partial charge on any atom is -0.480 e. The molecule has 3 unspecified atom stereocenters. The SMILES string of the molecule is CCOCC(NC(=O)N1C(CC)SCC1C(=O)O)C(C)C. The molecule has 0 aliphatic carbocycles. The van der Waals surface area contributed by atoms with Crippen LogP contribution in [-0.4, -0.2) is 58.4 Å². The quantitative estimate of drug-likeness (QED) is 0.750. The van der Waals surface area contributed by atoms with E-state index in [0.717, 1.165) is 6.42 Å². The maximum absolute atomic E-state index is 12.5. The first kappa shape index (κ1) is 18.1. The van der Waals surface area contributed by atoms with Gasteiger partial charge in [-0.25, -0.2) is 9.59 Å². The van der Waals surface area contributed by atoms with Gasteiger partial charge in [0.25, 0.3) is 0 Å². The molecule has 0 spiro atoms. The summed E-state index contributed by atoms with van der Waals surface area (Å²) >= 11 is 1.52. The molecule has 1 rings (SSSR count). The van der Waals surface area contributed by atoms with E-state index >= 15 is 0 Å². The van der Waals surface area contributed by atoms with Gasteiger partial charge in [-0.3, -0.25) is 4.90 Å². The Morgan fingerprint density at radius 1 is 1.43 bits per heavy atom. The van der Waals surface area contributed by atoms with E-state index < -0.39 is 12.0 Å². The van der Waals surface area contributed by atoms with Crippen LogP contribution >= 0.6 is 11.8 Å². The van der Waals surface area contributed by atoms with Gasteiger partial charge in [0.05, 0.1) is 18.0 Å². The van der Waals surface area contributed by atoms with E-state index in [1.165, 1.54) is 16.7 Å². The normalized spacial score (nSPS) is 23.4. The van der Waals surface area contributed by atoms with Crippen molar-refractivity contribution in [3.63, 3.8) is 0 Å². The highest BCUT2D eigenvalue weighted by molar-refractivity contribution is 8.00. The van der Waals surface area contributed by atoms with Crippen molar-refractivity contribution in [3.05, 3.63) is 0 Å².